The third-order valence-corrected chi connectivity index (χ3v) is 2.74. The van der Waals surface area contributed by atoms with Crippen LogP contribution >= 0.6 is 0 Å². The molecule has 0 amide bonds. The van der Waals surface area contributed by atoms with E-state index in [1.165, 1.54) is 11.8 Å². The Balaban J connectivity index is 3.00. The molecular weight excluding hydrogens is 224 g/mol. The average Bonchev–Trinajstić information content (AvgIpc) is 2.31. The number of benzene rings is 1. The summed E-state index contributed by atoms with van der Waals surface area (Å²) in [7, 11) is 0. The number of nitrogens with zero attached hydrogens (tertiary/aromatic N) is 1. The first-order valence-corrected chi connectivity index (χ1v) is 5.93. The quantitative estimate of drug-likeness (QED) is 0.480. The van der Waals surface area contributed by atoms with E-state index in [4.69, 9.17) is 10.1 Å². The maximum Gasteiger partial charge on any atom is 0.192 e. The Bertz CT molecular complexity index is 509. The van der Waals surface area contributed by atoms with Crippen LogP contribution in [0.25, 0.3) is 0 Å². The summed E-state index contributed by atoms with van der Waals surface area (Å²) >= 11 is 0. The molecule has 1 aromatic rings. The zero-order valence-electron chi connectivity index (χ0n) is 11.7. The predicted octanol–water partition coefficient (Wildman–Crippen LogP) is 4.31. The van der Waals surface area contributed by atoms with E-state index in [-0.39, 0.29) is 0 Å². The SMILES string of the molecule is CC(=Nc1cccc(C)c1C)OC(C=N)=C(C)C. The van der Waals surface area contributed by atoms with Crippen LogP contribution in [0.5, 0.6) is 0 Å². The third-order valence-electron chi connectivity index (χ3n) is 2.74. The molecule has 1 rings (SSSR count). The molecule has 0 aliphatic heterocycles. The second-order valence-electron chi connectivity index (χ2n) is 4.46. The Morgan fingerprint density at radius 3 is 2.44 bits per heavy atom. The molecule has 1 aromatic carbocycles. The molecule has 0 atom stereocenters. The fraction of sp³-hybridized carbons (Fsp3) is 0.333. The van der Waals surface area contributed by atoms with Crippen molar-refractivity contribution in [2.75, 3.05) is 0 Å². The van der Waals surface area contributed by atoms with Gasteiger partial charge in [-0.25, -0.2) is 4.99 Å². The molecule has 18 heavy (non-hydrogen) atoms. The van der Waals surface area contributed by atoms with Gasteiger partial charge in [-0.2, -0.15) is 0 Å². The molecule has 0 radical (unpaired) electrons. The van der Waals surface area contributed by atoms with E-state index in [0.29, 0.717) is 11.7 Å². The van der Waals surface area contributed by atoms with Crippen LogP contribution in [0.1, 0.15) is 31.9 Å². The molecule has 0 saturated carbocycles. The second-order valence-corrected chi connectivity index (χ2v) is 4.46. The van der Waals surface area contributed by atoms with Crippen molar-refractivity contribution in [3.8, 4) is 0 Å². The third kappa shape index (κ3) is 3.55. The predicted molar refractivity (Wildman–Crippen MR) is 76.9 cm³/mol. The van der Waals surface area contributed by atoms with E-state index in [9.17, 15) is 0 Å². The van der Waals surface area contributed by atoms with Crippen molar-refractivity contribution in [1.29, 1.82) is 5.41 Å². The van der Waals surface area contributed by atoms with E-state index in [1.807, 2.05) is 32.9 Å². The number of hydrogen-bond acceptors (Lipinski definition) is 3. The van der Waals surface area contributed by atoms with Gasteiger partial charge in [0, 0.05) is 6.92 Å². The zero-order valence-corrected chi connectivity index (χ0v) is 11.7. The van der Waals surface area contributed by atoms with Crippen LogP contribution in [-0.4, -0.2) is 12.1 Å². The first-order valence-electron chi connectivity index (χ1n) is 5.93. The molecule has 0 aliphatic carbocycles. The van der Waals surface area contributed by atoms with Gasteiger partial charge >= 0.3 is 0 Å². The Morgan fingerprint density at radius 2 is 1.89 bits per heavy atom. The van der Waals surface area contributed by atoms with Gasteiger partial charge in [0.25, 0.3) is 0 Å². The summed E-state index contributed by atoms with van der Waals surface area (Å²) in [5.41, 5.74) is 4.22. The Hall–Kier alpha value is -1.90. The summed E-state index contributed by atoms with van der Waals surface area (Å²) in [5.74, 6) is 1.09. The Labute approximate surface area is 109 Å². The molecule has 0 bridgehead atoms. The molecule has 3 heteroatoms. The normalized spacial score (nSPS) is 11.1. The summed E-state index contributed by atoms with van der Waals surface area (Å²) in [6, 6.07) is 6.00. The monoisotopic (exact) mass is 244 g/mol. The first-order chi connectivity index (χ1) is 8.45. The fourth-order valence-corrected chi connectivity index (χ4v) is 1.48. The van der Waals surface area contributed by atoms with Gasteiger partial charge in [0.2, 0.25) is 0 Å². The zero-order chi connectivity index (χ0) is 13.7. The number of aryl methyl sites for hydroxylation is 1. The average molecular weight is 244 g/mol. The minimum absolute atomic E-state index is 0.543. The maximum atomic E-state index is 7.28. The van der Waals surface area contributed by atoms with Crippen LogP contribution in [0.3, 0.4) is 0 Å². The van der Waals surface area contributed by atoms with Gasteiger partial charge in [0.15, 0.2) is 5.90 Å². The van der Waals surface area contributed by atoms with E-state index >= 15 is 0 Å². The van der Waals surface area contributed by atoms with Crippen LogP contribution < -0.4 is 0 Å². The molecule has 0 aromatic heterocycles. The van der Waals surface area contributed by atoms with Gasteiger partial charge in [-0.1, -0.05) is 12.1 Å². The molecule has 0 unspecified atom stereocenters. The van der Waals surface area contributed by atoms with Crippen molar-refractivity contribution in [1.82, 2.24) is 0 Å². The van der Waals surface area contributed by atoms with Crippen molar-refractivity contribution in [2.45, 2.75) is 34.6 Å². The molecule has 96 valence electrons. The van der Waals surface area contributed by atoms with E-state index in [2.05, 4.69) is 18.0 Å². The van der Waals surface area contributed by atoms with Gasteiger partial charge in [0.1, 0.15) is 5.76 Å². The lowest BCUT2D eigenvalue weighted by atomic mass is 10.1. The van der Waals surface area contributed by atoms with Gasteiger partial charge < -0.3 is 10.1 Å². The molecule has 3 nitrogen and oxygen atoms in total. The molecular formula is C15H20N2O. The van der Waals surface area contributed by atoms with Crippen LogP contribution in [0.4, 0.5) is 5.69 Å². The molecule has 0 heterocycles. The number of allylic oxidation sites excluding steroid dienone is 2. The summed E-state index contributed by atoms with van der Waals surface area (Å²) in [6.45, 7) is 9.72. The standard InChI is InChI=1S/C15H20N2O/c1-10(2)15(9-16)18-13(5)17-14-8-6-7-11(3)12(14)4/h6-9,16H,1-5H3. The number of aliphatic imine (C=N–C) groups is 1. The number of rotatable bonds is 3. The molecule has 0 saturated heterocycles. The lowest BCUT2D eigenvalue weighted by Gasteiger charge is -2.08. The summed E-state index contributed by atoms with van der Waals surface area (Å²) in [4.78, 5) is 4.45. The van der Waals surface area contributed by atoms with Gasteiger partial charge in [0.05, 0.1) is 11.9 Å². The van der Waals surface area contributed by atoms with Gasteiger partial charge in [-0.05, 0) is 50.5 Å². The van der Waals surface area contributed by atoms with Crippen molar-refractivity contribution in [3.05, 3.63) is 40.7 Å². The molecule has 0 aliphatic rings. The summed E-state index contributed by atoms with van der Waals surface area (Å²) in [5, 5.41) is 7.28. The van der Waals surface area contributed by atoms with Crippen LogP contribution in [-0.2, 0) is 4.74 Å². The van der Waals surface area contributed by atoms with Crippen LogP contribution in [0.2, 0.25) is 0 Å². The largest absolute Gasteiger partial charge is 0.442 e. The van der Waals surface area contributed by atoms with E-state index in [0.717, 1.165) is 16.8 Å². The van der Waals surface area contributed by atoms with Crippen molar-refractivity contribution in [2.24, 2.45) is 4.99 Å². The van der Waals surface area contributed by atoms with Gasteiger partial charge in [-0.3, -0.25) is 0 Å². The highest BCUT2D eigenvalue weighted by atomic mass is 16.5. The van der Waals surface area contributed by atoms with Crippen molar-refractivity contribution < 1.29 is 4.74 Å². The highest BCUT2D eigenvalue weighted by Gasteiger charge is 2.03. The molecule has 0 fully saturated rings. The smallest absolute Gasteiger partial charge is 0.192 e. The second kappa shape index (κ2) is 6.15. The van der Waals surface area contributed by atoms with Crippen LogP contribution in [0.15, 0.2) is 34.5 Å². The molecule has 0 spiro atoms. The van der Waals surface area contributed by atoms with E-state index < -0.39 is 0 Å². The minimum atomic E-state index is 0.543. The van der Waals surface area contributed by atoms with E-state index in [1.54, 1.807) is 6.92 Å². The number of nitrogens with one attached hydrogen (secondary N) is 1. The minimum Gasteiger partial charge on any atom is -0.442 e. The highest BCUT2D eigenvalue weighted by molar-refractivity contribution is 5.84. The lowest BCUT2D eigenvalue weighted by molar-refractivity contribution is 0.437. The summed E-state index contributed by atoms with van der Waals surface area (Å²) < 4.78 is 5.55. The summed E-state index contributed by atoms with van der Waals surface area (Å²) in [6.07, 6.45) is 1.21. The first kappa shape index (κ1) is 14.2. The van der Waals surface area contributed by atoms with Crippen molar-refractivity contribution >= 4 is 17.8 Å². The Morgan fingerprint density at radius 1 is 1.22 bits per heavy atom. The van der Waals surface area contributed by atoms with Gasteiger partial charge in [-0.15, -0.1) is 0 Å². The topological polar surface area (TPSA) is 45.4 Å². The number of hydrogen-bond donors (Lipinski definition) is 1. The van der Waals surface area contributed by atoms with Crippen LogP contribution in [0, 0.1) is 19.3 Å². The molecule has 1 N–H and O–H groups in total. The Kier molecular flexibility index (Phi) is 4.84. The lowest BCUT2D eigenvalue weighted by Crippen LogP contribution is -2.02. The number of ether oxygens (including phenoxy) is 1. The highest BCUT2D eigenvalue weighted by Crippen LogP contribution is 2.21. The maximum absolute atomic E-state index is 7.28. The van der Waals surface area contributed by atoms with Crippen molar-refractivity contribution in [3.63, 3.8) is 0 Å². The fourth-order valence-electron chi connectivity index (χ4n) is 1.48.